The van der Waals surface area contributed by atoms with Gasteiger partial charge in [0.2, 0.25) is 5.91 Å². The summed E-state index contributed by atoms with van der Waals surface area (Å²) in [6, 6.07) is 2.75. The molecule has 2 atom stereocenters. The lowest BCUT2D eigenvalue weighted by molar-refractivity contribution is -0.152. The number of urea groups is 1. The molecule has 1 aromatic heterocycles. The summed E-state index contributed by atoms with van der Waals surface area (Å²) in [5.74, 6) is -1.56. The Morgan fingerprint density at radius 1 is 1.42 bits per heavy atom. The Bertz CT molecular complexity index is 657. The number of likely N-dealkylation sites (tertiary alicyclic amines) is 1. The van der Waals surface area contributed by atoms with Crippen molar-refractivity contribution in [3.05, 3.63) is 24.2 Å². The van der Waals surface area contributed by atoms with E-state index in [4.69, 9.17) is 9.15 Å². The van der Waals surface area contributed by atoms with Crippen molar-refractivity contribution >= 4 is 23.8 Å². The van der Waals surface area contributed by atoms with E-state index >= 15 is 0 Å². The van der Waals surface area contributed by atoms with Crippen LogP contribution in [-0.2, 0) is 25.7 Å². The van der Waals surface area contributed by atoms with E-state index in [9.17, 15) is 19.2 Å². The van der Waals surface area contributed by atoms with E-state index in [1.54, 1.807) is 19.1 Å². The Morgan fingerprint density at radius 2 is 2.19 bits per heavy atom. The molecule has 0 radical (unpaired) electrons. The van der Waals surface area contributed by atoms with Gasteiger partial charge < -0.3 is 19.4 Å². The molecular formula is C17H23N3O6. The van der Waals surface area contributed by atoms with Gasteiger partial charge in [-0.1, -0.05) is 6.92 Å². The van der Waals surface area contributed by atoms with E-state index in [0.717, 1.165) is 6.42 Å². The van der Waals surface area contributed by atoms with E-state index < -0.39 is 30.4 Å². The molecule has 0 saturated carbocycles. The molecule has 2 heterocycles. The number of hydrogen-bond acceptors (Lipinski definition) is 6. The first-order chi connectivity index (χ1) is 12.4. The fraction of sp³-hybridized carbons (Fsp3) is 0.529. The molecule has 0 bridgehead atoms. The Labute approximate surface area is 151 Å². The van der Waals surface area contributed by atoms with E-state index in [2.05, 4.69) is 10.6 Å². The van der Waals surface area contributed by atoms with Crippen molar-refractivity contribution in [3.8, 4) is 0 Å². The predicted molar refractivity (Wildman–Crippen MR) is 89.6 cm³/mol. The van der Waals surface area contributed by atoms with Crippen LogP contribution in [0.1, 0.15) is 32.4 Å². The number of nitrogens with one attached hydrogen (secondary N) is 2. The van der Waals surface area contributed by atoms with Crippen molar-refractivity contribution in [1.82, 2.24) is 15.5 Å². The average Bonchev–Trinajstić information content (AvgIpc) is 3.23. The summed E-state index contributed by atoms with van der Waals surface area (Å²) in [6.45, 7) is 3.61. The molecule has 1 aliphatic heterocycles. The molecule has 1 aliphatic rings. The van der Waals surface area contributed by atoms with Crippen LogP contribution in [0.4, 0.5) is 4.79 Å². The number of ether oxygens (including phenoxy) is 1. The van der Waals surface area contributed by atoms with Crippen LogP contribution in [0.25, 0.3) is 0 Å². The summed E-state index contributed by atoms with van der Waals surface area (Å²) in [5.41, 5.74) is 0. The van der Waals surface area contributed by atoms with Gasteiger partial charge in [-0.05, 0) is 25.5 Å². The predicted octanol–water partition coefficient (Wildman–Crippen LogP) is 0.796. The summed E-state index contributed by atoms with van der Waals surface area (Å²) in [6.07, 6.45) is 2.26. The van der Waals surface area contributed by atoms with Gasteiger partial charge in [0.15, 0.2) is 6.61 Å². The van der Waals surface area contributed by atoms with Gasteiger partial charge in [0, 0.05) is 19.0 Å². The minimum absolute atomic E-state index is 0.0235. The monoisotopic (exact) mass is 365 g/mol. The number of hydrogen-bond donors (Lipinski definition) is 2. The smallest absolute Gasteiger partial charge is 0.321 e. The van der Waals surface area contributed by atoms with Gasteiger partial charge in [0.25, 0.3) is 5.91 Å². The second-order valence-electron chi connectivity index (χ2n) is 6.19. The molecule has 9 heteroatoms. The molecule has 2 N–H and O–H groups in total. The largest absolute Gasteiger partial charge is 0.467 e. The Hall–Kier alpha value is -2.84. The summed E-state index contributed by atoms with van der Waals surface area (Å²) < 4.78 is 10.1. The van der Waals surface area contributed by atoms with Crippen LogP contribution in [0.2, 0.25) is 0 Å². The zero-order valence-corrected chi connectivity index (χ0v) is 14.8. The zero-order chi connectivity index (χ0) is 19.1. The van der Waals surface area contributed by atoms with Crippen LogP contribution in [0.3, 0.4) is 0 Å². The Morgan fingerprint density at radius 3 is 2.85 bits per heavy atom. The second kappa shape index (κ2) is 9.02. The molecular weight excluding hydrogens is 342 g/mol. The molecule has 0 spiro atoms. The standard InChI is InChI=1S/C17H23N3O6/c1-3-11(2)18-17(24)19-14(21)10-26-16(23)12-7-15(22)20(8-12)9-13-5-4-6-25-13/h4-6,11-12H,3,7-10H2,1-2H3,(H2,18,19,21,24)/t11-,12+/m0/s1. The molecule has 26 heavy (non-hydrogen) atoms. The number of esters is 1. The van der Waals surface area contributed by atoms with E-state index in [1.165, 1.54) is 11.2 Å². The highest BCUT2D eigenvalue weighted by atomic mass is 16.5. The van der Waals surface area contributed by atoms with E-state index in [1.807, 2.05) is 6.92 Å². The lowest BCUT2D eigenvalue weighted by Crippen LogP contribution is -2.44. The highest BCUT2D eigenvalue weighted by Gasteiger charge is 2.35. The summed E-state index contributed by atoms with van der Waals surface area (Å²) in [4.78, 5) is 48.7. The third-order valence-electron chi connectivity index (χ3n) is 4.06. The first-order valence-electron chi connectivity index (χ1n) is 8.46. The SMILES string of the molecule is CC[C@H](C)NC(=O)NC(=O)COC(=O)[C@@H]1CC(=O)N(Cc2ccco2)C1. The zero-order valence-electron chi connectivity index (χ0n) is 14.8. The maximum absolute atomic E-state index is 12.0. The maximum atomic E-state index is 12.0. The fourth-order valence-corrected chi connectivity index (χ4v) is 2.45. The number of imide groups is 1. The van der Waals surface area contributed by atoms with Crippen molar-refractivity contribution in [2.24, 2.45) is 5.92 Å². The number of furan rings is 1. The summed E-state index contributed by atoms with van der Waals surface area (Å²) in [7, 11) is 0. The van der Waals surface area contributed by atoms with Gasteiger partial charge in [0.05, 0.1) is 18.7 Å². The summed E-state index contributed by atoms with van der Waals surface area (Å²) in [5, 5.41) is 4.65. The number of rotatable bonds is 7. The van der Waals surface area contributed by atoms with Crippen molar-refractivity contribution in [2.45, 2.75) is 39.3 Å². The number of carbonyl (C=O) groups excluding carboxylic acids is 4. The Balaban J connectivity index is 1.73. The van der Waals surface area contributed by atoms with Crippen LogP contribution in [0.5, 0.6) is 0 Å². The van der Waals surface area contributed by atoms with Crippen molar-refractivity contribution < 1.29 is 28.3 Å². The van der Waals surface area contributed by atoms with Crippen LogP contribution >= 0.6 is 0 Å². The molecule has 0 aliphatic carbocycles. The first-order valence-corrected chi connectivity index (χ1v) is 8.46. The quantitative estimate of drug-likeness (QED) is 0.690. The molecule has 0 aromatic carbocycles. The third-order valence-corrected chi connectivity index (χ3v) is 4.06. The summed E-state index contributed by atoms with van der Waals surface area (Å²) >= 11 is 0. The topological polar surface area (TPSA) is 118 Å². The van der Waals surface area contributed by atoms with Crippen LogP contribution in [-0.4, -0.2) is 47.9 Å². The molecule has 2 rings (SSSR count). The molecule has 1 aromatic rings. The number of amides is 4. The molecule has 1 saturated heterocycles. The minimum Gasteiger partial charge on any atom is -0.467 e. The van der Waals surface area contributed by atoms with Crippen LogP contribution < -0.4 is 10.6 Å². The molecule has 1 fully saturated rings. The van der Waals surface area contributed by atoms with Crippen LogP contribution in [0, 0.1) is 5.92 Å². The maximum Gasteiger partial charge on any atom is 0.321 e. The lowest BCUT2D eigenvalue weighted by Gasteiger charge is -2.15. The highest BCUT2D eigenvalue weighted by Crippen LogP contribution is 2.21. The minimum atomic E-state index is -0.726. The van der Waals surface area contributed by atoms with Gasteiger partial charge >= 0.3 is 12.0 Å². The lowest BCUT2D eigenvalue weighted by atomic mass is 10.1. The van der Waals surface area contributed by atoms with Crippen molar-refractivity contribution in [1.29, 1.82) is 0 Å². The normalized spacial score (nSPS) is 17.7. The van der Waals surface area contributed by atoms with E-state index in [0.29, 0.717) is 5.76 Å². The van der Waals surface area contributed by atoms with Gasteiger partial charge in [0.1, 0.15) is 5.76 Å². The Kier molecular flexibility index (Phi) is 6.76. The van der Waals surface area contributed by atoms with Gasteiger partial charge in [-0.2, -0.15) is 0 Å². The third kappa shape index (κ3) is 5.61. The molecule has 0 unspecified atom stereocenters. The van der Waals surface area contributed by atoms with E-state index in [-0.39, 0.29) is 31.5 Å². The fourth-order valence-electron chi connectivity index (χ4n) is 2.45. The van der Waals surface area contributed by atoms with Gasteiger partial charge in [-0.25, -0.2) is 4.79 Å². The number of carbonyl (C=O) groups is 4. The van der Waals surface area contributed by atoms with Crippen molar-refractivity contribution in [2.75, 3.05) is 13.2 Å². The molecule has 142 valence electrons. The van der Waals surface area contributed by atoms with Gasteiger partial charge in [-0.15, -0.1) is 0 Å². The van der Waals surface area contributed by atoms with Crippen molar-refractivity contribution in [3.63, 3.8) is 0 Å². The molecule has 9 nitrogen and oxygen atoms in total. The first kappa shape index (κ1) is 19.5. The number of nitrogens with zero attached hydrogens (tertiary/aromatic N) is 1. The highest BCUT2D eigenvalue weighted by molar-refractivity contribution is 5.96. The van der Waals surface area contributed by atoms with Gasteiger partial charge in [-0.3, -0.25) is 19.7 Å². The second-order valence-corrected chi connectivity index (χ2v) is 6.19. The average molecular weight is 365 g/mol. The molecule has 4 amide bonds. The van der Waals surface area contributed by atoms with Crippen LogP contribution in [0.15, 0.2) is 22.8 Å².